The van der Waals surface area contributed by atoms with Gasteiger partial charge >= 0.3 is 6.61 Å². The Kier molecular flexibility index (Phi) is 5.20. The summed E-state index contributed by atoms with van der Waals surface area (Å²) in [5.41, 5.74) is 0.185. The SMILES string of the molecule is COc1nc(OC(F)F)c(F)cc1NS(=O)(=O)c1c[nH]c2cc(Br)ccc12. The van der Waals surface area contributed by atoms with Crippen molar-refractivity contribution in [2.45, 2.75) is 11.5 Å². The van der Waals surface area contributed by atoms with Crippen LogP contribution in [-0.4, -0.2) is 32.1 Å². The van der Waals surface area contributed by atoms with Crippen molar-refractivity contribution in [2.75, 3.05) is 11.8 Å². The van der Waals surface area contributed by atoms with E-state index < -0.39 is 34.2 Å². The molecule has 2 aromatic heterocycles. The molecule has 27 heavy (non-hydrogen) atoms. The Balaban J connectivity index is 2.01. The molecule has 0 radical (unpaired) electrons. The number of aromatic nitrogens is 2. The molecule has 0 saturated carbocycles. The molecule has 1 aromatic carbocycles. The number of hydrogen-bond acceptors (Lipinski definition) is 5. The van der Waals surface area contributed by atoms with Gasteiger partial charge in [-0.25, -0.2) is 12.8 Å². The quantitative estimate of drug-likeness (QED) is 0.576. The van der Waals surface area contributed by atoms with Crippen molar-refractivity contribution in [3.05, 3.63) is 40.8 Å². The van der Waals surface area contributed by atoms with Gasteiger partial charge < -0.3 is 14.5 Å². The maximum Gasteiger partial charge on any atom is 0.388 e. The number of pyridine rings is 1. The molecule has 0 atom stereocenters. The number of H-pyrrole nitrogens is 1. The Bertz CT molecular complexity index is 1110. The summed E-state index contributed by atoms with van der Waals surface area (Å²) in [6, 6.07) is 5.58. The molecule has 2 heterocycles. The summed E-state index contributed by atoms with van der Waals surface area (Å²) in [4.78, 5) is 6.15. The maximum absolute atomic E-state index is 13.9. The third-order valence-corrected chi connectivity index (χ3v) is 5.34. The predicted octanol–water partition coefficient (Wildman–Crippen LogP) is 3.88. The van der Waals surface area contributed by atoms with Crippen molar-refractivity contribution >= 4 is 42.5 Å². The van der Waals surface area contributed by atoms with Crippen LogP contribution in [0.1, 0.15) is 0 Å². The largest absolute Gasteiger partial charge is 0.479 e. The van der Waals surface area contributed by atoms with Crippen LogP contribution < -0.4 is 14.2 Å². The van der Waals surface area contributed by atoms with E-state index in [1.165, 1.54) is 6.20 Å². The van der Waals surface area contributed by atoms with Gasteiger partial charge in [0.05, 0.1) is 7.11 Å². The lowest BCUT2D eigenvalue weighted by atomic mass is 10.2. The van der Waals surface area contributed by atoms with E-state index in [0.717, 1.165) is 11.6 Å². The van der Waals surface area contributed by atoms with E-state index in [4.69, 9.17) is 4.74 Å². The second kappa shape index (κ2) is 7.27. The van der Waals surface area contributed by atoms with E-state index >= 15 is 0 Å². The van der Waals surface area contributed by atoms with E-state index in [2.05, 4.69) is 35.4 Å². The first-order chi connectivity index (χ1) is 12.7. The van der Waals surface area contributed by atoms with Crippen LogP contribution in [-0.2, 0) is 10.0 Å². The number of sulfonamides is 1. The molecular weight excluding hydrogens is 455 g/mol. The van der Waals surface area contributed by atoms with Crippen LogP contribution in [0.25, 0.3) is 10.9 Å². The summed E-state index contributed by atoms with van der Waals surface area (Å²) in [6.45, 7) is -3.30. The fraction of sp³-hybridized carbons (Fsp3) is 0.133. The van der Waals surface area contributed by atoms with Gasteiger partial charge in [0.2, 0.25) is 5.88 Å². The maximum atomic E-state index is 13.9. The van der Waals surface area contributed by atoms with Crippen LogP contribution in [0, 0.1) is 5.82 Å². The molecule has 3 rings (SSSR count). The fourth-order valence-corrected chi connectivity index (χ4v) is 3.93. The molecular formula is C15H11BrF3N3O4S. The summed E-state index contributed by atoms with van der Waals surface area (Å²) < 4.78 is 75.5. The number of alkyl halides is 2. The van der Waals surface area contributed by atoms with Crippen LogP contribution in [0.15, 0.2) is 39.8 Å². The second-order valence-corrected chi connectivity index (χ2v) is 7.73. The number of halogens is 4. The molecule has 0 fully saturated rings. The topological polar surface area (TPSA) is 93.3 Å². The first-order valence-electron chi connectivity index (χ1n) is 7.20. The Labute approximate surface area is 159 Å². The molecule has 2 N–H and O–H groups in total. The Hall–Kier alpha value is -2.47. The molecule has 12 heteroatoms. The summed E-state index contributed by atoms with van der Waals surface area (Å²) in [6.07, 6.45) is 1.27. The monoisotopic (exact) mass is 465 g/mol. The number of rotatable bonds is 6. The zero-order valence-electron chi connectivity index (χ0n) is 13.5. The van der Waals surface area contributed by atoms with Gasteiger partial charge in [-0.05, 0) is 12.1 Å². The van der Waals surface area contributed by atoms with Gasteiger partial charge in [-0.3, -0.25) is 4.72 Å². The van der Waals surface area contributed by atoms with Crippen molar-refractivity contribution in [1.29, 1.82) is 0 Å². The van der Waals surface area contributed by atoms with Crippen molar-refractivity contribution in [3.8, 4) is 11.8 Å². The van der Waals surface area contributed by atoms with Gasteiger partial charge in [0, 0.05) is 27.6 Å². The average Bonchev–Trinajstić information content (AvgIpc) is 3.00. The van der Waals surface area contributed by atoms with Gasteiger partial charge in [-0.15, -0.1) is 0 Å². The Morgan fingerprint density at radius 2 is 2.00 bits per heavy atom. The zero-order valence-corrected chi connectivity index (χ0v) is 15.9. The molecule has 3 aromatic rings. The molecule has 0 bridgehead atoms. The fourth-order valence-electron chi connectivity index (χ4n) is 2.35. The molecule has 144 valence electrons. The third kappa shape index (κ3) is 3.95. The van der Waals surface area contributed by atoms with Crippen LogP contribution in [0.3, 0.4) is 0 Å². The Morgan fingerprint density at radius 3 is 2.67 bits per heavy atom. The zero-order chi connectivity index (χ0) is 19.8. The lowest BCUT2D eigenvalue weighted by molar-refractivity contribution is -0.0555. The number of fused-ring (bicyclic) bond motifs is 1. The van der Waals surface area contributed by atoms with Crippen molar-refractivity contribution < 1.29 is 31.1 Å². The smallest absolute Gasteiger partial charge is 0.388 e. The van der Waals surface area contributed by atoms with Gasteiger partial charge in [-0.2, -0.15) is 13.8 Å². The van der Waals surface area contributed by atoms with Crippen molar-refractivity contribution in [1.82, 2.24) is 9.97 Å². The van der Waals surface area contributed by atoms with Gasteiger partial charge in [0.15, 0.2) is 5.82 Å². The number of nitrogens with zero attached hydrogens (tertiary/aromatic N) is 1. The first kappa shape index (κ1) is 19.3. The number of hydrogen-bond donors (Lipinski definition) is 2. The van der Waals surface area contributed by atoms with E-state index in [0.29, 0.717) is 17.0 Å². The number of ether oxygens (including phenoxy) is 2. The molecule has 0 aliphatic carbocycles. The Morgan fingerprint density at radius 1 is 1.26 bits per heavy atom. The second-order valence-electron chi connectivity index (χ2n) is 5.16. The van der Waals surface area contributed by atoms with Crippen molar-refractivity contribution in [3.63, 3.8) is 0 Å². The number of nitrogens with one attached hydrogen (secondary N) is 2. The van der Waals surface area contributed by atoms with E-state index in [9.17, 15) is 21.6 Å². The summed E-state index contributed by atoms with van der Waals surface area (Å²) in [5, 5.41) is 0.399. The van der Waals surface area contributed by atoms with Crippen LogP contribution in [0.2, 0.25) is 0 Å². The molecule has 7 nitrogen and oxygen atoms in total. The lowest BCUT2D eigenvalue weighted by Gasteiger charge is -2.13. The highest BCUT2D eigenvalue weighted by molar-refractivity contribution is 9.10. The van der Waals surface area contributed by atoms with E-state index in [1.807, 2.05) is 0 Å². The normalized spacial score (nSPS) is 11.8. The van der Waals surface area contributed by atoms with Crippen LogP contribution >= 0.6 is 15.9 Å². The highest BCUT2D eigenvalue weighted by Gasteiger charge is 2.24. The summed E-state index contributed by atoms with van der Waals surface area (Å²) in [7, 11) is -3.05. The minimum Gasteiger partial charge on any atom is -0.479 e. The molecule has 0 unspecified atom stereocenters. The molecule has 0 aliphatic heterocycles. The minimum absolute atomic E-state index is 0.0969. The first-order valence-corrected chi connectivity index (χ1v) is 9.47. The number of methoxy groups -OCH3 is 1. The van der Waals surface area contributed by atoms with E-state index in [-0.39, 0.29) is 10.6 Å². The van der Waals surface area contributed by atoms with Crippen molar-refractivity contribution in [2.24, 2.45) is 0 Å². The molecule has 0 saturated heterocycles. The third-order valence-electron chi connectivity index (χ3n) is 3.44. The van der Waals surface area contributed by atoms with Crippen LogP contribution in [0.4, 0.5) is 18.9 Å². The lowest BCUT2D eigenvalue weighted by Crippen LogP contribution is -2.15. The minimum atomic E-state index is -4.17. The van der Waals surface area contributed by atoms with Gasteiger partial charge in [-0.1, -0.05) is 22.0 Å². The standard InChI is InChI=1S/C15H11BrF3N3O4S/c1-25-14-11(5-9(17)13(21-14)26-15(18)19)22-27(23,24)12-6-20-10-4-7(16)2-3-8(10)12/h2-6,15,20,22H,1H3. The highest BCUT2D eigenvalue weighted by Crippen LogP contribution is 2.32. The number of aromatic amines is 1. The van der Waals surface area contributed by atoms with E-state index in [1.54, 1.807) is 18.2 Å². The van der Waals surface area contributed by atoms with Gasteiger partial charge in [0.25, 0.3) is 15.9 Å². The number of anilines is 1. The predicted molar refractivity (Wildman–Crippen MR) is 94.2 cm³/mol. The number of benzene rings is 1. The van der Waals surface area contributed by atoms with Gasteiger partial charge in [0.1, 0.15) is 10.6 Å². The summed E-state index contributed by atoms with van der Waals surface area (Å²) >= 11 is 3.28. The molecule has 0 aliphatic rings. The summed E-state index contributed by atoms with van der Waals surface area (Å²) in [5.74, 6) is -2.73. The highest BCUT2D eigenvalue weighted by atomic mass is 79.9. The average molecular weight is 466 g/mol. The molecule has 0 spiro atoms. The van der Waals surface area contributed by atoms with Crippen LogP contribution in [0.5, 0.6) is 11.8 Å². The molecule has 0 amide bonds.